The third-order valence-corrected chi connectivity index (χ3v) is 4.30. The fourth-order valence-corrected chi connectivity index (χ4v) is 2.82. The molecule has 29 heavy (non-hydrogen) atoms. The number of aromatic nitrogens is 3. The van der Waals surface area contributed by atoms with Crippen molar-refractivity contribution in [3.63, 3.8) is 0 Å². The number of hydrogen-bond acceptors (Lipinski definition) is 4. The molecular weight excluding hydrogens is 385 g/mol. The Hall–Kier alpha value is -3.62. The molecule has 0 aliphatic heterocycles. The highest BCUT2D eigenvalue weighted by Gasteiger charge is 2.36. The molecule has 9 heteroatoms. The summed E-state index contributed by atoms with van der Waals surface area (Å²) in [5, 5.41) is 6.47. The minimum absolute atomic E-state index is 0.00124. The second kappa shape index (κ2) is 7.08. The van der Waals surface area contributed by atoms with Gasteiger partial charge in [-0.1, -0.05) is 29.8 Å². The van der Waals surface area contributed by atoms with Crippen LogP contribution in [0, 0.1) is 6.92 Å². The van der Waals surface area contributed by atoms with Gasteiger partial charge in [0, 0.05) is 12.6 Å². The Morgan fingerprint density at radius 3 is 2.59 bits per heavy atom. The van der Waals surface area contributed by atoms with E-state index in [4.69, 9.17) is 4.42 Å². The van der Waals surface area contributed by atoms with Crippen molar-refractivity contribution < 1.29 is 22.4 Å². The van der Waals surface area contributed by atoms with E-state index in [2.05, 4.69) is 15.4 Å². The van der Waals surface area contributed by atoms with Gasteiger partial charge in [0.25, 0.3) is 5.91 Å². The molecule has 1 amide bonds. The highest BCUT2D eigenvalue weighted by Crippen LogP contribution is 2.32. The molecule has 0 aliphatic rings. The fourth-order valence-electron chi connectivity index (χ4n) is 2.82. The fraction of sp³-hybridized carbons (Fsp3) is 0.150. The molecule has 6 nitrogen and oxygen atoms in total. The number of hydrogen-bond donors (Lipinski definition) is 1. The number of halogens is 3. The summed E-state index contributed by atoms with van der Waals surface area (Å²) < 4.78 is 46.4. The summed E-state index contributed by atoms with van der Waals surface area (Å²) >= 11 is 0. The second-order valence-corrected chi connectivity index (χ2v) is 6.47. The van der Waals surface area contributed by atoms with Gasteiger partial charge >= 0.3 is 6.18 Å². The van der Waals surface area contributed by atoms with Gasteiger partial charge in [-0.25, -0.2) is 9.50 Å². The zero-order chi connectivity index (χ0) is 20.6. The molecule has 3 aromatic heterocycles. The zero-order valence-electron chi connectivity index (χ0n) is 15.2. The standard InChI is InChI=1S/C20H15F3N4O2/c1-12-4-6-13(7-5-12)11-24-19(28)15-10-18-25-14(16-3-2-8-29-16)9-17(20(21,22)23)27(18)26-15/h2-10H,11H2,1H3,(H,24,28). The quantitative estimate of drug-likeness (QED) is 0.556. The summed E-state index contributed by atoms with van der Waals surface area (Å²) in [7, 11) is 0. The van der Waals surface area contributed by atoms with E-state index in [1.807, 2.05) is 31.2 Å². The summed E-state index contributed by atoms with van der Waals surface area (Å²) in [6.07, 6.45) is -3.35. The molecule has 0 radical (unpaired) electrons. The maximum atomic E-state index is 13.5. The number of nitrogens with one attached hydrogen (secondary N) is 1. The molecule has 0 spiro atoms. The van der Waals surface area contributed by atoms with Gasteiger partial charge in [0.15, 0.2) is 22.8 Å². The first-order valence-corrected chi connectivity index (χ1v) is 8.67. The van der Waals surface area contributed by atoms with Crippen LogP contribution in [0.15, 0.2) is 59.2 Å². The number of carbonyl (C=O) groups excluding carboxylic acids is 1. The van der Waals surface area contributed by atoms with Crippen molar-refractivity contribution in [1.29, 1.82) is 0 Å². The van der Waals surface area contributed by atoms with Crippen LogP contribution in [0.4, 0.5) is 13.2 Å². The zero-order valence-corrected chi connectivity index (χ0v) is 15.2. The highest BCUT2D eigenvalue weighted by atomic mass is 19.4. The summed E-state index contributed by atoms with van der Waals surface area (Å²) in [4.78, 5) is 16.6. The third-order valence-electron chi connectivity index (χ3n) is 4.30. The monoisotopic (exact) mass is 400 g/mol. The Bertz CT molecular complexity index is 1160. The van der Waals surface area contributed by atoms with E-state index in [1.54, 1.807) is 6.07 Å². The van der Waals surface area contributed by atoms with E-state index < -0.39 is 17.8 Å². The first-order chi connectivity index (χ1) is 13.8. The van der Waals surface area contributed by atoms with Crippen molar-refractivity contribution in [3.05, 3.63) is 77.3 Å². The summed E-state index contributed by atoms with van der Waals surface area (Å²) in [6.45, 7) is 2.17. The van der Waals surface area contributed by atoms with Crippen LogP contribution in [0.25, 0.3) is 17.1 Å². The van der Waals surface area contributed by atoms with E-state index >= 15 is 0 Å². The SMILES string of the molecule is Cc1ccc(CNC(=O)c2cc3nc(-c4ccco4)cc(C(F)(F)F)n3n2)cc1. The Balaban J connectivity index is 1.67. The van der Waals surface area contributed by atoms with Crippen LogP contribution in [0.3, 0.4) is 0 Å². The number of nitrogens with zero attached hydrogens (tertiary/aromatic N) is 3. The van der Waals surface area contributed by atoms with Gasteiger partial charge in [-0.3, -0.25) is 4.79 Å². The second-order valence-electron chi connectivity index (χ2n) is 6.47. The smallest absolute Gasteiger partial charge is 0.433 e. The number of furan rings is 1. The van der Waals surface area contributed by atoms with Gasteiger partial charge in [0.2, 0.25) is 0 Å². The van der Waals surface area contributed by atoms with Crippen molar-refractivity contribution in [1.82, 2.24) is 19.9 Å². The van der Waals surface area contributed by atoms with E-state index in [1.165, 1.54) is 18.4 Å². The average Bonchev–Trinajstić information content (AvgIpc) is 3.35. The lowest BCUT2D eigenvalue weighted by atomic mass is 10.1. The molecule has 0 atom stereocenters. The number of aryl methyl sites for hydroxylation is 1. The number of alkyl halides is 3. The van der Waals surface area contributed by atoms with Crippen LogP contribution in [-0.4, -0.2) is 20.5 Å². The highest BCUT2D eigenvalue weighted by molar-refractivity contribution is 5.93. The van der Waals surface area contributed by atoms with Crippen LogP contribution < -0.4 is 5.32 Å². The molecule has 1 N–H and O–H groups in total. The average molecular weight is 400 g/mol. The maximum Gasteiger partial charge on any atom is 0.433 e. The van der Waals surface area contributed by atoms with Crippen LogP contribution in [-0.2, 0) is 12.7 Å². The van der Waals surface area contributed by atoms with E-state index in [0.717, 1.165) is 17.2 Å². The lowest BCUT2D eigenvalue weighted by Gasteiger charge is -2.09. The molecule has 0 unspecified atom stereocenters. The van der Waals surface area contributed by atoms with Crippen LogP contribution in [0.5, 0.6) is 0 Å². The van der Waals surface area contributed by atoms with Crippen molar-refractivity contribution in [2.24, 2.45) is 0 Å². The predicted octanol–water partition coefficient (Wildman–Crippen LogP) is 4.25. The third kappa shape index (κ3) is 3.84. The number of amides is 1. The first-order valence-electron chi connectivity index (χ1n) is 8.67. The maximum absolute atomic E-state index is 13.5. The molecule has 0 aliphatic carbocycles. The van der Waals surface area contributed by atoms with Crippen LogP contribution in [0.1, 0.15) is 27.3 Å². The Labute approximate surface area is 163 Å². The van der Waals surface area contributed by atoms with Crippen molar-refractivity contribution >= 4 is 11.6 Å². The molecule has 0 saturated heterocycles. The minimum Gasteiger partial charge on any atom is -0.463 e. The number of rotatable bonds is 4. The van der Waals surface area contributed by atoms with Gasteiger partial charge in [-0.2, -0.15) is 18.3 Å². The minimum atomic E-state index is -4.69. The van der Waals surface area contributed by atoms with Gasteiger partial charge in [-0.15, -0.1) is 0 Å². The molecule has 4 rings (SSSR count). The summed E-state index contributed by atoms with van der Waals surface area (Å²) in [5.74, 6) is -0.409. The van der Waals surface area contributed by atoms with Gasteiger partial charge < -0.3 is 9.73 Å². The topological polar surface area (TPSA) is 72.4 Å². The molecule has 148 valence electrons. The lowest BCUT2D eigenvalue weighted by Crippen LogP contribution is -2.23. The Kier molecular flexibility index (Phi) is 4.57. The van der Waals surface area contributed by atoms with Crippen molar-refractivity contribution in [2.45, 2.75) is 19.6 Å². The van der Waals surface area contributed by atoms with E-state index in [0.29, 0.717) is 4.52 Å². The largest absolute Gasteiger partial charge is 0.463 e. The van der Waals surface area contributed by atoms with Gasteiger partial charge in [-0.05, 0) is 30.7 Å². The van der Waals surface area contributed by atoms with Crippen molar-refractivity contribution in [2.75, 3.05) is 0 Å². The first kappa shape index (κ1) is 18.7. The summed E-state index contributed by atoms with van der Waals surface area (Å²) in [6, 6.07) is 12.6. The number of carbonyl (C=O) groups is 1. The van der Waals surface area contributed by atoms with Gasteiger partial charge in [0.05, 0.1) is 6.26 Å². The molecule has 4 aromatic rings. The molecule has 0 saturated carbocycles. The Morgan fingerprint density at radius 1 is 1.17 bits per heavy atom. The van der Waals surface area contributed by atoms with E-state index in [-0.39, 0.29) is 29.3 Å². The molecule has 0 bridgehead atoms. The molecule has 0 fully saturated rings. The van der Waals surface area contributed by atoms with E-state index in [9.17, 15) is 18.0 Å². The van der Waals surface area contributed by atoms with Crippen molar-refractivity contribution in [3.8, 4) is 11.5 Å². The lowest BCUT2D eigenvalue weighted by molar-refractivity contribution is -0.142. The molecular formula is C20H15F3N4O2. The molecule has 3 heterocycles. The van der Waals surface area contributed by atoms with Crippen LogP contribution in [0.2, 0.25) is 0 Å². The van der Waals surface area contributed by atoms with Gasteiger partial charge in [0.1, 0.15) is 5.69 Å². The Morgan fingerprint density at radius 2 is 1.93 bits per heavy atom. The molecule has 1 aromatic carbocycles. The predicted molar refractivity (Wildman–Crippen MR) is 98.0 cm³/mol. The van der Waals surface area contributed by atoms with Crippen LogP contribution >= 0.6 is 0 Å². The number of fused-ring (bicyclic) bond motifs is 1. The number of benzene rings is 1. The normalized spacial score (nSPS) is 11.7. The summed E-state index contributed by atoms with van der Waals surface area (Å²) in [5.41, 5.74) is 0.631.